The molecule has 0 aliphatic rings. The molecule has 0 aliphatic heterocycles. The Balaban J connectivity index is 2.99. The fourth-order valence-corrected chi connectivity index (χ4v) is 1.36. The second kappa shape index (κ2) is 3.99. The summed E-state index contributed by atoms with van der Waals surface area (Å²) >= 11 is 1.37. The molecule has 0 aromatic carbocycles. The van der Waals surface area contributed by atoms with E-state index in [1.165, 1.54) is 18.4 Å². The van der Waals surface area contributed by atoms with Crippen LogP contribution in [-0.4, -0.2) is 29.0 Å². The summed E-state index contributed by atoms with van der Waals surface area (Å²) in [6.07, 6.45) is 0. The lowest BCUT2D eigenvalue weighted by Gasteiger charge is -1.96. The molecule has 6 heteroatoms. The molecule has 0 radical (unpaired) electrons. The molecule has 0 aliphatic carbocycles. The number of aromatic nitrogens is 1. The number of carbonyl (C=O) groups excluding carboxylic acids is 1. The molecule has 1 rings (SSSR count). The smallest absolute Gasteiger partial charge is 0.362 e. The summed E-state index contributed by atoms with van der Waals surface area (Å²) in [5.74, 6) is -0.701. The lowest BCUT2D eigenvalue weighted by atomic mass is 10.3. The Hall–Kier alpha value is -1.43. The molecule has 0 spiro atoms. The first kappa shape index (κ1) is 9.66. The second-order valence-corrected chi connectivity index (χ2v) is 3.25. The van der Waals surface area contributed by atoms with Gasteiger partial charge in [0.1, 0.15) is 5.69 Å². The Morgan fingerprint density at radius 1 is 1.77 bits per heavy atom. The van der Waals surface area contributed by atoms with Crippen LogP contribution in [0.1, 0.15) is 10.7 Å². The summed E-state index contributed by atoms with van der Waals surface area (Å²) in [6, 6.07) is 0. The van der Waals surface area contributed by atoms with Gasteiger partial charge < -0.3 is 9.94 Å². The molecular formula is C7H8N2O3S. The Morgan fingerprint density at radius 2 is 2.46 bits per heavy atom. The summed E-state index contributed by atoms with van der Waals surface area (Å²) in [6.45, 7) is 1.79. The van der Waals surface area contributed by atoms with E-state index in [9.17, 15) is 4.79 Å². The third kappa shape index (κ3) is 2.03. The fraction of sp³-hybridized carbons (Fsp3) is 0.286. The van der Waals surface area contributed by atoms with Crippen molar-refractivity contribution in [3.05, 3.63) is 16.1 Å². The Bertz CT molecular complexity index is 345. The van der Waals surface area contributed by atoms with Gasteiger partial charge in [0.2, 0.25) is 5.71 Å². The Labute approximate surface area is 78.7 Å². The quantitative estimate of drug-likeness (QED) is 0.332. The zero-order valence-electron chi connectivity index (χ0n) is 7.14. The normalized spacial score (nSPS) is 11.4. The number of rotatable bonds is 2. The average Bonchev–Trinajstić information content (AvgIpc) is 2.53. The highest BCUT2D eigenvalue weighted by Crippen LogP contribution is 2.09. The summed E-state index contributed by atoms with van der Waals surface area (Å²) in [5, 5.41) is 13.8. The minimum Gasteiger partial charge on any atom is -0.464 e. The van der Waals surface area contributed by atoms with Gasteiger partial charge in [0.15, 0.2) is 0 Å². The van der Waals surface area contributed by atoms with Crippen molar-refractivity contribution in [2.24, 2.45) is 5.16 Å². The van der Waals surface area contributed by atoms with E-state index in [2.05, 4.69) is 14.9 Å². The zero-order valence-corrected chi connectivity index (χ0v) is 7.96. The number of thiazole rings is 1. The van der Waals surface area contributed by atoms with Gasteiger partial charge in [-0.3, -0.25) is 0 Å². The maximum Gasteiger partial charge on any atom is 0.362 e. The molecule has 1 aromatic heterocycles. The average molecular weight is 200 g/mol. The molecule has 0 bridgehead atoms. The van der Waals surface area contributed by atoms with E-state index in [-0.39, 0.29) is 5.71 Å². The first-order valence-electron chi connectivity index (χ1n) is 3.42. The molecule has 0 atom stereocenters. The van der Waals surface area contributed by atoms with Gasteiger partial charge in [-0.15, -0.1) is 11.3 Å². The number of esters is 1. The summed E-state index contributed by atoms with van der Waals surface area (Å²) in [7, 11) is 1.22. The van der Waals surface area contributed by atoms with Crippen molar-refractivity contribution in [2.45, 2.75) is 6.92 Å². The van der Waals surface area contributed by atoms with E-state index in [1.54, 1.807) is 12.3 Å². The molecule has 70 valence electrons. The van der Waals surface area contributed by atoms with Crippen LogP contribution in [0, 0.1) is 6.92 Å². The van der Waals surface area contributed by atoms with E-state index >= 15 is 0 Å². The van der Waals surface area contributed by atoms with E-state index in [1.807, 2.05) is 0 Å². The van der Waals surface area contributed by atoms with Gasteiger partial charge in [-0.1, -0.05) is 5.16 Å². The van der Waals surface area contributed by atoms with Crippen LogP contribution in [0.2, 0.25) is 0 Å². The van der Waals surface area contributed by atoms with Crippen molar-refractivity contribution in [3.8, 4) is 0 Å². The predicted molar refractivity (Wildman–Crippen MR) is 47.2 cm³/mol. The molecule has 0 amide bonds. The summed E-state index contributed by atoms with van der Waals surface area (Å²) < 4.78 is 4.40. The maximum atomic E-state index is 11.0. The minimum atomic E-state index is -0.701. The van der Waals surface area contributed by atoms with Crippen LogP contribution in [0.15, 0.2) is 10.5 Å². The number of hydrogen-bond acceptors (Lipinski definition) is 6. The predicted octanol–water partition coefficient (Wildman–Crippen LogP) is 0.803. The molecule has 0 unspecified atom stereocenters. The second-order valence-electron chi connectivity index (χ2n) is 2.19. The van der Waals surface area contributed by atoms with E-state index in [0.717, 1.165) is 5.01 Å². The molecule has 1 N–H and O–H groups in total. The summed E-state index contributed by atoms with van der Waals surface area (Å²) in [4.78, 5) is 15.0. The van der Waals surface area contributed by atoms with E-state index in [0.29, 0.717) is 5.69 Å². The molecule has 5 nitrogen and oxygen atoms in total. The van der Waals surface area contributed by atoms with Crippen molar-refractivity contribution in [2.75, 3.05) is 7.11 Å². The van der Waals surface area contributed by atoms with Crippen LogP contribution in [-0.2, 0) is 9.53 Å². The summed E-state index contributed by atoms with van der Waals surface area (Å²) in [5.41, 5.74) is 0.156. The molecule has 1 aromatic rings. The Morgan fingerprint density at radius 3 is 2.85 bits per heavy atom. The van der Waals surface area contributed by atoms with Crippen molar-refractivity contribution in [1.82, 2.24) is 4.98 Å². The standard InChI is InChI=1S/C7H8N2O3S/c1-4-8-5(3-13-4)6(9-11)7(10)12-2/h3,11H,1-2H3/b9-6+. The van der Waals surface area contributed by atoms with Crippen LogP contribution in [0.25, 0.3) is 0 Å². The topological polar surface area (TPSA) is 71.8 Å². The molecule has 13 heavy (non-hydrogen) atoms. The van der Waals surface area contributed by atoms with Crippen LogP contribution >= 0.6 is 11.3 Å². The molecule has 0 fully saturated rings. The number of carbonyl (C=O) groups is 1. The SMILES string of the molecule is COC(=O)/C(=N/O)c1csc(C)n1. The highest BCUT2D eigenvalue weighted by Gasteiger charge is 2.17. The molecule has 0 saturated carbocycles. The van der Waals surface area contributed by atoms with Crippen LogP contribution in [0.4, 0.5) is 0 Å². The van der Waals surface area contributed by atoms with Crippen LogP contribution in [0.5, 0.6) is 0 Å². The van der Waals surface area contributed by atoms with Crippen LogP contribution in [0.3, 0.4) is 0 Å². The zero-order chi connectivity index (χ0) is 9.84. The van der Waals surface area contributed by atoms with Crippen molar-refractivity contribution < 1.29 is 14.7 Å². The van der Waals surface area contributed by atoms with Crippen LogP contribution < -0.4 is 0 Å². The highest BCUT2D eigenvalue weighted by atomic mass is 32.1. The first-order valence-corrected chi connectivity index (χ1v) is 4.30. The monoisotopic (exact) mass is 200 g/mol. The van der Waals surface area contributed by atoms with Crippen molar-refractivity contribution >= 4 is 23.0 Å². The van der Waals surface area contributed by atoms with Gasteiger partial charge >= 0.3 is 5.97 Å². The van der Waals surface area contributed by atoms with Gasteiger partial charge in [-0.2, -0.15) is 0 Å². The number of ether oxygens (including phenoxy) is 1. The Kier molecular flexibility index (Phi) is 2.97. The number of hydrogen-bond donors (Lipinski definition) is 1. The minimum absolute atomic E-state index is 0.174. The van der Waals surface area contributed by atoms with Gasteiger partial charge in [-0.25, -0.2) is 9.78 Å². The molecule has 0 saturated heterocycles. The number of oxime groups is 1. The number of aryl methyl sites for hydroxylation is 1. The third-order valence-corrected chi connectivity index (χ3v) is 2.11. The lowest BCUT2D eigenvalue weighted by Crippen LogP contribution is -2.17. The van der Waals surface area contributed by atoms with E-state index < -0.39 is 5.97 Å². The maximum absolute atomic E-state index is 11.0. The van der Waals surface area contributed by atoms with Crippen molar-refractivity contribution in [3.63, 3.8) is 0 Å². The fourth-order valence-electron chi connectivity index (χ4n) is 0.765. The molecule has 1 heterocycles. The first-order chi connectivity index (χ1) is 6.19. The number of methoxy groups -OCH3 is 1. The van der Waals surface area contributed by atoms with Gasteiger partial charge in [0.25, 0.3) is 0 Å². The molecular weight excluding hydrogens is 192 g/mol. The lowest BCUT2D eigenvalue weighted by molar-refractivity contribution is -0.132. The number of nitrogens with zero attached hydrogens (tertiary/aromatic N) is 2. The van der Waals surface area contributed by atoms with Crippen molar-refractivity contribution in [1.29, 1.82) is 0 Å². The largest absolute Gasteiger partial charge is 0.464 e. The van der Waals surface area contributed by atoms with E-state index in [4.69, 9.17) is 5.21 Å². The van der Waals surface area contributed by atoms with Gasteiger partial charge in [0, 0.05) is 5.38 Å². The van der Waals surface area contributed by atoms with Gasteiger partial charge in [-0.05, 0) is 6.92 Å². The van der Waals surface area contributed by atoms with Gasteiger partial charge in [0.05, 0.1) is 12.1 Å². The highest BCUT2D eigenvalue weighted by molar-refractivity contribution is 7.09. The third-order valence-electron chi connectivity index (χ3n) is 1.34.